The van der Waals surface area contributed by atoms with Crippen LogP contribution in [0.5, 0.6) is 5.75 Å². The van der Waals surface area contributed by atoms with Crippen LogP contribution in [0.4, 0.5) is 0 Å². The Hall–Kier alpha value is -2.08. The molecule has 0 saturated carbocycles. The summed E-state index contributed by atoms with van der Waals surface area (Å²) in [6.45, 7) is 1.53. The van der Waals surface area contributed by atoms with E-state index in [4.69, 9.17) is 4.74 Å². The molecule has 1 aliphatic heterocycles. The molecule has 0 aliphatic carbocycles. The molecule has 2 rings (SSSR count). The van der Waals surface area contributed by atoms with Crippen molar-refractivity contribution >= 4 is 11.8 Å². The van der Waals surface area contributed by atoms with E-state index in [9.17, 15) is 9.59 Å². The monoisotopic (exact) mass is 319 g/mol. The summed E-state index contributed by atoms with van der Waals surface area (Å²) in [4.78, 5) is 27.8. The first-order valence-corrected chi connectivity index (χ1v) is 7.86. The van der Waals surface area contributed by atoms with Gasteiger partial charge >= 0.3 is 0 Å². The Bertz CT molecular complexity index is 543. The molecule has 0 radical (unpaired) electrons. The molecule has 1 aromatic carbocycles. The van der Waals surface area contributed by atoms with Crippen LogP contribution in [0.2, 0.25) is 0 Å². The van der Waals surface area contributed by atoms with Crippen LogP contribution in [0, 0.1) is 0 Å². The molecule has 126 valence electrons. The molecule has 1 unspecified atom stereocenters. The standard InChI is InChI=1S/C17H25N3O3/c1-19(2)17(22)15-5-4-10-20(15)12-16(21)18-11-13-6-8-14(23-3)9-7-13/h6-9,15H,4-5,10-12H2,1-3H3,(H,18,21). The van der Waals surface area contributed by atoms with Gasteiger partial charge in [-0.25, -0.2) is 0 Å². The van der Waals surface area contributed by atoms with Crippen LogP contribution < -0.4 is 10.1 Å². The van der Waals surface area contributed by atoms with Gasteiger partial charge in [-0.3, -0.25) is 14.5 Å². The normalized spacial score (nSPS) is 17.8. The van der Waals surface area contributed by atoms with Gasteiger partial charge in [0, 0.05) is 20.6 Å². The Morgan fingerprint density at radius 1 is 1.30 bits per heavy atom. The fourth-order valence-corrected chi connectivity index (χ4v) is 2.78. The van der Waals surface area contributed by atoms with Gasteiger partial charge in [0.25, 0.3) is 0 Å². The molecule has 6 nitrogen and oxygen atoms in total. The van der Waals surface area contributed by atoms with Gasteiger partial charge < -0.3 is 15.0 Å². The summed E-state index contributed by atoms with van der Waals surface area (Å²) in [5.41, 5.74) is 1.02. The molecule has 1 aliphatic rings. The molecule has 0 aromatic heterocycles. The van der Waals surface area contributed by atoms with E-state index in [1.165, 1.54) is 0 Å². The van der Waals surface area contributed by atoms with Crippen molar-refractivity contribution in [2.24, 2.45) is 0 Å². The summed E-state index contributed by atoms with van der Waals surface area (Å²) in [7, 11) is 5.13. The van der Waals surface area contributed by atoms with Crippen molar-refractivity contribution in [1.29, 1.82) is 0 Å². The van der Waals surface area contributed by atoms with Crippen molar-refractivity contribution < 1.29 is 14.3 Å². The Kier molecular flexibility index (Phi) is 5.98. The lowest BCUT2D eigenvalue weighted by atomic mass is 10.2. The molecule has 1 atom stereocenters. The second-order valence-corrected chi connectivity index (χ2v) is 5.99. The highest BCUT2D eigenvalue weighted by atomic mass is 16.5. The van der Waals surface area contributed by atoms with Crippen LogP contribution in [0.25, 0.3) is 0 Å². The minimum Gasteiger partial charge on any atom is -0.497 e. The Morgan fingerprint density at radius 2 is 2.00 bits per heavy atom. The smallest absolute Gasteiger partial charge is 0.239 e. The van der Waals surface area contributed by atoms with E-state index < -0.39 is 0 Å². The molecule has 1 fully saturated rings. The van der Waals surface area contributed by atoms with Crippen LogP contribution in [0.1, 0.15) is 18.4 Å². The quantitative estimate of drug-likeness (QED) is 0.845. The lowest BCUT2D eigenvalue weighted by Gasteiger charge is -2.25. The molecular formula is C17H25N3O3. The van der Waals surface area contributed by atoms with E-state index in [1.54, 1.807) is 26.1 Å². The van der Waals surface area contributed by atoms with Crippen LogP contribution in [0.15, 0.2) is 24.3 Å². The van der Waals surface area contributed by atoms with Crippen LogP contribution in [-0.2, 0) is 16.1 Å². The number of hydrogen-bond donors (Lipinski definition) is 1. The maximum Gasteiger partial charge on any atom is 0.239 e. The maximum absolute atomic E-state index is 12.1. The van der Waals surface area contributed by atoms with Crippen molar-refractivity contribution in [2.45, 2.75) is 25.4 Å². The number of carbonyl (C=O) groups is 2. The summed E-state index contributed by atoms with van der Waals surface area (Å²) in [5.74, 6) is 0.812. The number of carbonyl (C=O) groups excluding carboxylic acids is 2. The SMILES string of the molecule is COc1ccc(CNC(=O)CN2CCCC2C(=O)N(C)C)cc1. The minimum atomic E-state index is -0.170. The highest BCUT2D eigenvalue weighted by Gasteiger charge is 2.32. The van der Waals surface area contributed by atoms with E-state index in [-0.39, 0.29) is 24.4 Å². The fourth-order valence-electron chi connectivity index (χ4n) is 2.78. The van der Waals surface area contributed by atoms with E-state index in [2.05, 4.69) is 5.32 Å². The predicted octanol–water partition coefficient (Wildman–Crippen LogP) is 0.864. The fraction of sp³-hybridized carbons (Fsp3) is 0.529. The first-order valence-electron chi connectivity index (χ1n) is 7.86. The number of likely N-dealkylation sites (tertiary alicyclic amines) is 1. The van der Waals surface area contributed by atoms with Crippen molar-refractivity contribution in [1.82, 2.24) is 15.1 Å². The lowest BCUT2D eigenvalue weighted by Crippen LogP contribution is -2.46. The van der Waals surface area contributed by atoms with E-state index in [1.807, 2.05) is 29.2 Å². The highest BCUT2D eigenvalue weighted by molar-refractivity contribution is 5.83. The van der Waals surface area contributed by atoms with Gasteiger partial charge in [-0.15, -0.1) is 0 Å². The average molecular weight is 319 g/mol. The first kappa shape index (κ1) is 17.3. The average Bonchev–Trinajstić information content (AvgIpc) is 3.00. The third-order valence-electron chi connectivity index (χ3n) is 4.08. The Balaban J connectivity index is 1.82. The van der Waals surface area contributed by atoms with E-state index in [0.717, 1.165) is 30.7 Å². The van der Waals surface area contributed by atoms with Crippen LogP contribution in [0.3, 0.4) is 0 Å². The molecule has 23 heavy (non-hydrogen) atoms. The number of nitrogens with zero attached hydrogens (tertiary/aromatic N) is 2. The Labute approximate surface area is 137 Å². The van der Waals surface area contributed by atoms with Crippen molar-refractivity contribution in [2.75, 3.05) is 34.3 Å². The van der Waals surface area contributed by atoms with Crippen molar-refractivity contribution in [3.8, 4) is 5.75 Å². The van der Waals surface area contributed by atoms with Crippen molar-refractivity contribution in [3.05, 3.63) is 29.8 Å². The van der Waals surface area contributed by atoms with Crippen LogP contribution in [-0.4, -0.2) is 62.0 Å². The Morgan fingerprint density at radius 3 is 2.61 bits per heavy atom. The number of methoxy groups -OCH3 is 1. The number of rotatable bonds is 6. The third kappa shape index (κ3) is 4.69. The molecular weight excluding hydrogens is 294 g/mol. The zero-order valence-corrected chi connectivity index (χ0v) is 14.0. The number of benzene rings is 1. The summed E-state index contributed by atoms with van der Waals surface area (Å²) in [6.07, 6.45) is 1.78. The first-order chi connectivity index (χ1) is 11.0. The number of nitrogens with one attached hydrogen (secondary N) is 1. The van der Waals surface area contributed by atoms with Gasteiger partial charge in [-0.05, 0) is 37.1 Å². The second-order valence-electron chi connectivity index (χ2n) is 5.99. The number of amides is 2. The highest BCUT2D eigenvalue weighted by Crippen LogP contribution is 2.18. The number of likely N-dealkylation sites (N-methyl/N-ethyl adjacent to an activating group) is 1. The largest absolute Gasteiger partial charge is 0.497 e. The van der Waals surface area contributed by atoms with Gasteiger partial charge in [-0.1, -0.05) is 12.1 Å². The molecule has 1 N–H and O–H groups in total. The molecule has 6 heteroatoms. The summed E-state index contributed by atoms with van der Waals surface area (Å²) in [6, 6.07) is 7.42. The van der Waals surface area contributed by atoms with E-state index >= 15 is 0 Å². The topological polar surface area (TPSA) is 61.9 Å². The summed E-state index contributed by atoms with van der Waals surface area (Å²) in [5, 5.41) is 2.91. The molecule has 0 bridgehead atoms. The number of ether oxygens (including phenoxy) is 1. The molecule has 1 heterocycles. The van der Waals surface area contributed by atoms with Gasteiger partial charge in [0.2, 0.25) is 11.8 Å². The van der Waals surface area contributed by atoms with Crippen molar-refractivity contribution in [3.63, 3.8) is 0 Å². The molecule has 2 amide bonds. The second kappa shape index (κ2) is 7.97. The summed E-state index contributed by atoms with van der Waals surface area (Å²) >= 11 is 0. The zero-order chi connectivity index (χ0) is 16.8. The van der Waals surface area contributed by atoms with E-state index in [0.29, 0.717) is 6.54 Å². The van der Waals surface area contributed by atoms with Gasteiger partial charge in [0.1, 0.15) is 5.75 Å². The minimum absolute atomic E-state index is 0.0562. The van der Waals surface area contributed by atoms with Gasteiger partial charge in [-0.2, -0.15) is 0 Å². The lowest BCUT2D eigenvalue weighted by molar-refractivity contribution is -0.134. The predicted molar refractivity (Wildman–Crippen MR) is 88.1 cm³/mol. The number of hydrogen-bond acceptors (Lipinski definition) is 4. The van der Waals surface area contributed by atoms with Gasteiger partial charge in [0.05, 0.1) is 19.7 Å². The third-order valence-corrected chi connectivity index (χ3v) is 4.08. The zero-order valence-electron chi connectivity index (χ0n) is 14.0. The maximum atomic E-state index is 12.1. The van der Waals surface area contributed by atoms with Crippen LogP contribution >= 0.6 is 0 Å². The molecule has 1 saturated heterocycles. The summed E-state index contributed by atoms with van der Waals surface area (Å²) < 4.78 is 5.11. The van der Waals surface area contributed by atoms with Gasteiger partial charge in [0.15, 0.2) is 0 Å². The molecule has 0 spiro atoms. The molecule has 1 aromatic rings.